The number of carbonyl (C=O) groups is 1. The van der Waals surface area contributed by atoms with Gasteiger partial charge in [-0.1, -0.05) is 31.4 Å². The van der Waals surface area contributed by atoms with Crippen LogP contribution in [0.25, 0.3) is 6.08 Å². The lowest BCUT2D eigenvalue weighted by molar-refractivity contribution is -0.137. The largest absolute Gasteiger partial charge is 0.465 e. The summed E-state index contributed by atoms with van der Waals surface area (Å²) in [5.74, 6) is -0.923. The molecule has 1 atom stereocenters. The molecule has 0 saturated heterocycles. The third-order valence-electron chi connectivity index (χ3n) is 4.99. The molecule has 0 aliphatic rings. The average Bonchev–Trinajstić information content (AvgIpc) is 2.83. The molecule has 0 saturated carbocycles. The minimum absolute atomic E-state index is 0.000753. The minimum Gasteiger partial charge on any atom is -0.465 e. The Bertz CT molecular complexity index is 1260. The molecule has 0 spiro atoms. The molecule has 0 aliphatic carbocycles. The Morgan fingerprint density at radius 2 is 1.95 bits per heavy atom. The SMILES string of the molecule is CCCCCNS(=O)(=O)NC(=O)/C(C)=C/c1ccc(OC(C)OC)cc1Oc1ncc(C(F)(F)F)cc1Cl. The summed E-state index contributed by atoms with van der Waals surface area (Å²) in [6.45, 7) is 5.17. The second-order valence-electron chi connectivity index (χ2n) is 8.10. The van der Waals surface area contributed by atoms with E-state index >= 15 is 0 Å². The molecule has 0 bridgehead atoms. The van der Waals surface area contributed by atoms with Gasteiger partial charge < -0.3 is 14.2 Å². The van der Waals surface area contributed by atoms with Crippen molar-refractivity contribution in [3.8, 4) is 17.4 Å². The molecular weight excluding hydrogens is 551 g/mol. The molecular formula is C24H29ClF3N3O6S. The van der Waals surface area contributed by atoms with E-state index in [1.54, 1.807) is 6.92 Å². The molecule has 2 N–H and O–H groups in total. The number of nitrogens with zero attached hydrogens (tertiary/aromatic N) is 1. The van der Waals surface area contributed by atoms with Gasteiger partial charge in [-0.3, -0.25) is 4.79 Å². The van der Waals surface area contributed by atoms with Crippen molar-refractivity contribution in [3.05, 3.63) is 52.2 Å². The van der Waals surface area contributed by atoms with Crippen LogP contribution in [0.5, 0.6) is 17.4 Å². The fraction of sp³-hybridized carbons (Fsp3) is 0.417. The number of unbranched alkanes of at least 4 members (excludes halogenated alkanes) is 2. The van der Waals surface area contributed by atoms with E-state index in [1.807, 2.05) is 11.6 Å². The summed E-state index contributed by atoms with van der Waals surface area (Å²) >= 11 is 5.98. The van der Waals surface area contributed by atoms with Gasteiger partial charge in [-0.15, -0.1) is 0 Å². The highest BCUT2D eigenvalue weighted by atomic mass is 35.5. The maximum atomic E-state index is 13.0. The number of hydrogen-bond donors (Lipinski definition) is 2. The van der Waals surface area contributed by atoms with Crippen molar-refractivity contribution in [1.82, 2.24) is 14.4 Å². The van der Waals surface area contributed by atoms with Crippen molar-refractivity contribution in [2.75, 3.05) is 13.7 Å². The fourth-order valence-corrected chi connectivity index (χ4v) is 4.01. The molecule has 2 rings (SSSR count). The van der Waals surface area contributed by atoms with Crippen LogP contribution >= 0.6 is 11.6 Å². The van der Waals surface area contributed by atoms with Crippen molar-refractivity contribution >= 4 is 33.8 Å². The van der Waals surface area contributed by atoms with Gasteiger partial charge in [0.1, 0.15) is 16.5 Å². The van der Waals surface area contributed by atoms with Gasteiger partial charge in [0.15, 0.2) is 6.29 Å². The standard InChI is InChI=1S/C24H29ClF3N3O6S/c1-5-6-7-10-30-38(33,34)31-22(32)15(2)11-17-8-9-19(36-16(3)35-4)13-21(17)37-23-20(25)12-18(14-29-23)24(26,27)28/h8-9,11-14,16,30H,5-7,10H2,1-4H3,(H,31,32)/b15-11+. The molecule has 9 nitrogen and oxygen atoms in total. The van der Waals surface area contributed by atoms with Crippen LogP contribution in [0.15, 0.2) is 36.0 Å². The van der Waals surface area contributed by atoms with Crippen molar-refractivity contribution < 1.29 is 40.6 Å². The van der Waals surface area contributed by atoms with Gasteiger partial charge >= 0.3 is 16.4 Å². The zero-order chi connectivity index (χ0) is 28.5. The number of nitrogens with one attached hydrogen (secondary N) is 2. The first-order chi connectivity index (χ1) is 17.8. The van der Waals surface area contributed by atoms with E-state index in [1.165, 1.54) is 38.3 Å². The maximum Gasteiger partial charge on any atom is 0.417 e. The number of carbonyl (C=O) groups excluding carboxylic acids is 1. The number of hydrogen-bond acceptors (Lipinski definition) is 7. The Hall–Kier alpha value is -2.87. The second-order valence-corrected chi connectivity index (χ2v) is 10.0. The number of rotatable bonds is 13. The van der Waals surface area contributed by atoms with E-state index < -0.39 is 39.2 Å². The summed E-state index contributed by atoms with van der Waals surface area (Å²) in [5.41, 5.74) is -0.793. The van der Waals surface area contributed by atoms with Gasteiger partial charge in [0, 0.05) is 37.1 Å². The molecule has 1 heterocycles. The zero-order valence-electron chi connectivity index (χ0n) is 21.2. The number of amides is 1. The highest BCUT2D eigenvalue weighted by Crippen LogP contribution is 2.37. The Morgan fingerprint density at radius 1 is 1.24 bits per heavy atom. The van der Waals surface area contributed by atoms with Gasteiger partial charge in [0.2, 0.25) is 5.88 Å². The highest BCUT2D eigenvalue weighted by molar-refractivity contribution is 7.88. The number of benzene rings is 1. The zero-order valence-corrected chi connectivity index (χ0v) is 22.8. The topological polar surface area (TPSA) is 116 Å². The van der Waals surface area contributed by atoms with Crippen LogP contribution in [0.4, 0.5) is 13.2 Å². The number of aromatic nitrogens is 1. The van der Waals surface area contributed by atoms with Crippen LogP contribution in [-0.2, 0) is 25.9 Å². The normalized spacial score (nSPS) is 13.2. The maximum absolute atomic E-state index is 13.0. The third-order valence-corrected chi connectivity index (χ3v) is 6.30. The molecule has 0 radical (unpaired) electrons. The number of alkyl halides is 3. The van der Waals surface area contributed by atoms with Crippen LogP contribution in [0.3, 0.4) is 0 Å². The molecule has 14 heteroatoms. The average molecular weight is 580 g/mol. The smallest absolute Gasteiger partial charge is 0.417 e. The molecule has 1 amide bonds. The lowest BCUT2D eigenvalue weighted by atomic mass is 10.1. The first-order valence-corrected chi connectivity index (χ1v) is 13.4. The quantitative estimate of drug-likeness (QED) is 0.184. The van der Waals surface area contributed by atoms with Crippen LogP contribution in [0, 0.1) is 0 Å². The summed E-state index contributed by atoms with van der Waals surface area (Å²) in [6, 6.07) is 5.10. The molecule has 1 unspecified atom stereocenters. The van der Waals surface area contributed by atoms with Crippen LogP contribution in [0.1, 0.15) is 51.2 Å². The molecule has 0 aliphatic heterocycles. The lowest BCUT2D eigenvalue weighted by Crippen LogP contribution is -2.40. The number of pyridine rings is 1. The van der Waals surface area contributed by atoms with E-state index in [0.29, 0.717) is 18.7 Å². The van der Waals surface area contributed by atoms with Crippen LogP contribution < -0.4 is 18.9 Å². The fourth-order valence-electron chi connectivity index (χ4n) is 2.91. The molecule has 2 aromatic rings. The molecule has 38 heavy (non-hydrogen) atoms. The van der Waals surface area contributed by atoms with Gasteiger partial charge in [0.05, 0.1) is 5.56 Å². The summed E-state index contributed by atoms with van der Waals surface area (Å²) in [4.78, 5) is 16.2. The predicted molar refractivity (Wildman–Crippen MR) is 136 cm³/mol. The highest BCUT2D eigenvalue weighted by Gasteiger charge is 2.32. The minimum atomic E-state index is -4.65. The van der Waals surface area contributed by atoms with Gasteiger partial charge in [-0.05, 0) is 44.5 Å². The Morgan fingerprint density at radius 3 is 2.55 bits per heavy atom. The Labute approximate surface area is 224 Å². The molecule has 1 aromatic carbocycles. The Balaban J connectivity index is 2.35. The predicted octanol–water partition coefficient (Wildman–Crippen LogP) is 5.46. The molecule has 210 valence electrons. The first-order valence-electron chi connectivity index (χ1n) is 11.5. The van der Waals surface area contributed by atoms with E-state index in [2.05, 4.69) is 9.71 Å². The number of halogens is 4. The van der Waals surface area contributed by atoms with E-state index in [0.717, 1.165) is 12.8 Å². The van der Waals surface area contributed by atoms with Crippen molar-refractivity contribution in [3.63, 3.8) is 0 Å². The second kappa shape index (κ2) is 13.8. The summed E-state index contributed by atoms with van der Waals surface area (Å²) < 4.78 is 83.8. The van der Waals surface area contributed by atoms with Crippen molar-refractivity contribution in [2.24, 2.45) is 0 Å². The Kier molecular flexibility index (Phi) is 11.4. The number of methoxy groups -OCH3 is 1. The van der Waals surface area contributed by atoms with Crippen molar-refractivity contribution in [2.45, 2.75) is 52.5 Å². The van der Waals surface area contributed by atoms with Gasteiger partial charge in [-0.25, -0.2) is 9.71 Å². The summed E-state index contributed by atoms with van der Waals surface area (Å²) in [7, 11) is -2.65. The molecule has 0 fully saturated rings. The third kappa shape index (κ3) is 9.78. The van der Waals surface area contributed by atoms with E-state index in [4.69, 9.17) is 25.8 Å². The summed E-state index contributed by atoms with van der Waals surface area (Å²) in [6.07, 6.45) is -1.03. The van der Waals surface area contributed by atoms with E-state index in [-0.39, 0.29) is 35.1 Å². The molecule has 1 aromatic heterocycles. The number of ether oxygens (including phenoxy) is 3. The van der Waals surface area contributed by atoms with Crippen LogP contribution in [0.2, 0.25) is 5.02 Å². The summed E-state index contributed by atoms with van der Waals surface area (Å²) in [5, 5.41) is -0.402. The van der Waals surface area contributed by atoms with E-state index in [9.17, 15) is 26.4 Å². The van der Waals surface area contributed by atoms with Crippen LogP contribution in [-0.4, -0.2) is 39.3 Å². The van der Waals surface area contributed by atoms with Gasteiger partial charge in [-0.2, -0.15) is 26.3 Å². The lowest BCUT2D eigenvalue weighted by Gasteiger charge is -2.16. The van der Waals surface area contributed by atoms with Gasteiger partial charge in [0.25, 0.3) is 5.91 Å². The van der Waals surface area contributed by atoms with Crippen molar-refractivity contribution in [1.29, 1.82) is 0 Å². The monoisotopic (exact) mass is 579 g/mol. The first kappa shape index (κ1) is 31.3.